The molecule has 0 amide bonds. The Morgan fingerprint density at radius 3 is 2.45 bits per heavy atom. The van der Waals surface area contributed by atoms with Gasteiger partial charge in [0.05, 0.1) is 0 Å². The summed E-state index contributed by atoms with van der Waals surface area (Å²) in [6.07, 6.45) is 0.0405. The van der Waals surface area contributed by atoms with Gasteiger partial charge in [0.2, 0.25) is 0 Å². The van der Waals surface area contributed by atoms with Crippen LogP contribution in [0.15, 0.2) is 0 Å². The van der Waals surface area contributed by atoms with Crippen molar-refractivity contribution < 1.29 is 19.4 Å². The Bertz CT molecular complexity index is 161. The number of carbonyl (C=O) groups is 1. The van der Waals surface area contributed by atoms with E-state index < -0.39 is 19.9 Å². The van der Waals surface area contributed by atoms with Gasteiger partial charge in [-0.2, -0.15) is 4.89 Å². The van der Waals surface area contributed by atoms with E-state index in [0.717, 1.165) is 0 Å². The Kier molecular flexibility index (Phi) is 4.94. The Labute approximate surface area is 65.1 Å². The van der Waals surface area contributed by atoms with Crippen molar-refractivity contribution >= 4 is 14.0 Å². The summed E-state index contributed by atoms with van der Waals surface area (Å²) in [6, 6.07) is 0. The van der Waals surface area contributed by atoms with Crippen molar-refractivity contribution in [3.05, 3.63) is 0 Å². The average Bonchev–Trinajstić information content (AvgIpc) is 1.86. The van der Waals surface area contributed by atoms with Crippen molar-refractivity contribution in [3.63, 3.8) is 0 Å². The summed E-state index contributed by atoms with van der Waals surface area (Å²) in [7, 11) is -2.37. The molecule has 64 valence electrons. The standard InChI is InChI=1S/C5H10NO4P/c6-2-1-4(5(7)8)3-11(9)10/h4H,1-3,6H2,(H-,7,8,9,10)/p+1. The van der Waals surface area contributed by atoms with Crippen LogP contribution in [0.5, 0.6) is 0 Å². The predicted molar refractivity (Wildman–Crippen MR) is 39.5 cm³/mol. The summed E-state index contributed by atoms with van der Waals surface area (Å²) in [6.45, 7) is 0.222. The van der Waals surface area contributed by atoms with Gasteiger partial charge in [0.1, 0.15) is 5.92 Å². The quantitative estimate of drug-likeness (QED) is 0.507. The smallest absolute Gasteiger partial charge is 0.481 e. The highest BCUT2D eigenvalue weighted by molar-refractivity contribution is 7.38. The molecule has 4 N–H and O–H groups in total. The van der Waals surface area contributed by atoms with E-state index in [1.807, 2.05) is 0 Å². The fourth-order valence-electron chi connectivity index (χ4n) is 0.683. The van der Waals surface area contributed by atoms with Gasteiger partial charge in [0.15, 0.2) is 6.16 Å². The van der Waals surface area contributed by atoms with Crippen LogP contribution in [0.2, 0.25) is 0 Å². The van der Waals surface area contributed by atoms with Gasteiger partial charge in [0, 0.05) is 0 Å². The summed E-state index contributed by atoms with van der Waals surface area (Å²) < 4.78 is 10.2. The van der Waals surface area contributed by atoms with Crippen molar-refractivity contribution in [3.8, 4) is 0 Å². The van der Waals surface area contributed by atoms with Crippen LogP contribution in [0.1, 0.15) is 6.42 Å². The largest absolute Gasteiger partial charge is 0.506 e. The zero-order chi connectivity index (χ0) is 8.85. The maximum Gasteiger partial charge on any atom is 0.506 e. The molecular formula is C5H11NO4P+. The third-order valence-electron chi connectivity index (χ3n) is 1.24. The predicted octanol–water partition coefficient (Wildman–Crippen LogP) is -0.229. The number of nitrogens with two attached hydrogens (primary N) is 1. The maximum atomic E-state index is 10.3. The van der Waals surface area contributed by atoms with E-state index in [-0.39, 0.29) is 19.1 Å². The lowest BCUT2D eigenvalue weighted by Gasteiger charge is -2.01. The Balaban J connectivity index is 3.89. The molecule has 0 radical (unpaired) electrons. The van der Waals surface area contributed by atoms with Crippen LogP contribution >= 0.6 is 8.03 Å². The van der Waals surface area contributed by atoms with Crippen molar-refractivity contribution in [2.24, 2.45) is 11.7 Å². The van der Waals surface area contributed by atoms with Gasteiger partial charge in [0.25, 0.3) is 0 Å². The van der Waals surface area contributed by atoms with Crippen molar-refractivity contribution in [2.45, 2.75) is 6.42 Å². The Morgan fingerprint density at radius 2 is 2.18 bits per heavy atom. The highest BCUT2D eigenvalue weighted by Crippen LogP contribution is 2.20. The lowest BCUT2D eigenvalue weighted by molar-refractivity contribution is -0.141. The molecule has 0 aromatic heterocycles. The van der Waals surface area contributed by atoms with E-state index in [1.165, 1.54) is 0 Å². The monoisotopic (exact) mass is 180 g/mol. The molecule has 0 fully saturated rings. The molecule has 0 aromatic rings. The number of carboxylic acids is 1. The summed E-state index contributed by atoms with van der Waals surface area (Å²) in [5.41, 5.74) is 5.10. The molecule has 0 saturated carbocycles. The summed E-state index contributed by atoms with van der Waals surface area (Å²) >= 11 is 0. The summed E-state index contributed by atoms with van der Waals surface area (Å²) in [4.78, 5) is 18.7. The van der Waals surface area contributed by atoms with Gasteiger partial charge < -0.3 is 10.8 Å². The zero-order valence-electron chi connectivity index (χ0n) is 5.93. The molecule has 6 heteroatoms. The Hall–Kier alpha value is -0.510. The molecule has 0 aliphatic heterocycles. The lowest BCUT2D eigenvalue weighted by atomic mass is 10.1. The highest BCUT2D eigenvalue weighted by atomic mass is 31.1. The first kappa shape index (κ1) is 10.5. The van der Waals surface area contributed by atoms with Crippen molar-refractivity contribution in [1.29, 1.82) is 0 Å². The molecule has 0 aromatic carbocycles. The topological polar surface area (TPSA) is 101 Å². The molecule has 0 spiro atoms. The number of hydrogen-bond acceptors (Lipinski definition) is 3. The van der Waals surface area contributed by atoms with Gasteiger partial charge in [-0.1, -0.05) is 0 Å². The van der Waals surface area contributed by atoms with Crippen LogP contribution in [0.25, 0.3) is 0 Å². The minimum Gasteiger partial charge on any atom is -0.481 e. The normalized spacial score (nSPS) is 14.2. The average molecular weight is 180 g/mol. The third-order valence-corrected chi connectivity index (χ3v) is 1.99. The van der Waals surface area contributed by atoms with Gasteiger partial charge in [-0.25, -0.2) is 0 Å². The Morgan fingerprint density at radius 1 is 1.64 bits per heavy atom. The first-order chi connectivity index (χ1) is 5.07. The number of rotatable bonds is 5. The molecule has 2 unspecified atom stereocenters. The van der Waals surface area contributed by atoms with Crippen LogP contribution in [0.3, 0.4) is 0 Å². The summed E-state index contributed by atoms with van der Waals surface area (Å²) in [5.74, 6) is -1.85. The second kappa shape index (κ2) is 5.18. The molecule has 0 saturated heterocycles. The van der Waals surface area contributed by atoms with Crippen LogP contribution in [0, 0.1) is 5.92 Å². The molecule has 0 heterocycles. The molecule has 2 atom stereocenters. The first-order valence-corrected chi connectivity index (χ1v) is 4.54. The van der Waals surface area contributed by atoms with Crippen LogP contribution in [-0.2, 0) is 9.36 Å². The maximum absolute atomic E-state index is 10.3. The number of hydrogen-bond donors (Lipinski definition) is 3. The molecule has 0 bridgehead atoms. The van der Waals surface area contributed by atoms with E-state index in [0.29, 0.717) is 0 Å². The molecule has 0 aliphatic rings. The second-order valence-corrected chi connectivity index (χ2v) is 3.22. The minimum absolute atomic E-state index is 0.206. The molecular weight excluding hydrogens is 169 g/mol. The van der Waals surface area contributed by atoms with E-state index >= 15 is 0 Å². The SMILES string of the molecule is NCCC(C[P+](=O)O)C(=O)O. The van der Waals surface area contributed by atoms with Gasteiger partial charge >= 0.3 is 14.0 Å². The molecule has 11 heavy (non-hydrogen) atoms. The number of aliphatic carboxylic acids is 1. The van der Waals surface area contributed by atoms with Crippen LogP contribution in [0.4, 0.5) is 0 Å². The van der Waals surface area contributed by atoms with Gasteiger partial charge in [-0.05, 0) is 17.5 Å². The second-order valence-electron chi connectivity index (χ2n) is 2.15. The fraction of sp³-hybridized carbons (Fsp3) is 0.800. The van der Waals surface area contributed by atoms with E-state index in [9.17, 15) is 9.36 Å². The lowest BCUT2D eigenvalue weighted by Crippen LogP contribution is -2.19. The molecule has 0 rings (SSSR count). The first-order valence-electron chi connectivity index (χ1n) is 3.14. The van der Waals surface area contributed by atoms with Crippen molar-refractivity contribution in [1.82, 2.24) is 0 Å². The van der Waals surface area contributed by atoms with Crippen molar-refractivity contribution in [2.75, 3.05) is 12.7 Å². The fourth-order valence-corrected chi connectivity index (χ4v) is 1.40. The summed E-state index contributed by atoms with van der Waals surface area (Å²) in [5, 5.41) is 8.46. The van der Waals surface area contributed by atoms with Gasteiger partial charge in [-0.15, -0.1) is 0 Å². The third kappa shape index (κ3) is 4.84. The van der Waals surface area contributed by atoms with Crippen LogP contribution < -0.4 is 5.73 Å². The van der Waals surface area contributed by atoms with E-state index in [4.69, 9.17) is 15.7 Å². The molecule has 5 nitrogen and oxygen atoms in total. The molecule has 0 aliphatic carbocycles. The van der Waals surface area contributed by atoms with E-state index in [2.05, 4.69) is 0 Å². The minimum atomic E-state index is -2.37. The number of carboxylic acid groups (broad SMARTS) is 1. The zero-order valence-corrected chi connectivity index (χ0v) is 6.83. The highest BCUT2D eigenvalue weighted by Gasteiger charge is 2.26. The van der Waals surface area contributed by atoms with E-state index in [1.54, 1.807) is 0 Å². The van der Waals surface area contributed by atoms with Crippen LogP contribution in [-0.4, -0.2) is 28.7 Å². The van der Waals surface area contributed by atoms with Gasteiger partial charge in [-0.3, -0.25) is 4.79 Å².